The third-order valence-corrected chi connectivity index (χ3v) is 6.36. The second-order valence-corrected chi connectivity index (χ2v) is 8.82. The standard InChI is InChI=1S/C20H16ClN5OS3/c1-29-15-8-4-12(5-9-15)16-11-30-19(22-16)23-17(27)10-26-18(24-25-20(26)28)13-2-6-14(21)7-3-13/h2-9,11H,10H2,1H3,(H,25,28)(H,22,23,27). The van der Waals surface area contributed by atoms with Crippen molar-refractivity contribution in [1.29, 1.82) is 0 Å². The number of thioether (sulfide) groups is 1. The summed E-state index contributed by atoms with van der Waals surface area (Å²) in [4.78, 5) is 18.3. The predicted octanol–water partition coefficient (Wildman–Crippen LogP) is 5.75. The average Bonchev–Trinajstić information content (AvgIpc) is 3.36. The lowest BCUT2D eigenvalue weighted by Crippen LogP contribution is -2.19. The van der Waals surface area contributed by atoms with Crippen molar-refractivity contribution in [2.24, 2.45) is 0 Å². The van der Waals surface area contributed by atoms with Gasteiger partial charge in [-0.1, -0.05) is 23.7 Å². The number of benzene rings is 2. The molecule has 0 bridgehead atoms. The number of amides is 1. The second-order valence-electron chi connectivity index (χ2n) is 6.26. The highest BCUT2D eigenvalue weighted by molar-refractivity contribution is 7.98. The van der Waals surface area contributed by atoms with Crippen LogP contribution in [0.1, 0.15) is 0 Å². The largest absolute Gasteiger partial charge is 0.300 e. The summed E-state index contributed by atoms with van der Waals surface area (Å²) >= 11 is 14.3. The number of nitrogens with zero attached hydrogens (tertiary/aromatic N) is 3. The molecule has 2 N–H and O–H groups in total. The van der Waals surface area contributed by atoms with Gasteiger partial charge in [-0.25, -0.2) is 4.98 Å². The van der Waals surface area contributed by atoms with Gasteiger partial charge in [0.2, 0.25) is 5.91 Å². The van der Waals surface area contributed by atoms with Gasteiger partial charge < -0.3 is 5.32 Å². The lowest BCUT2D eigenvalue weighted by atomic mass is 10.2. The molecule has 0 saturated carbocycles. The minimum Gasteiger partial charge on any atom is -0.300 e. The Morgan fingerprint density at radius 1 is 1.20 bits per heavy atom. The van der Waals surface area contributed by atoms with E-state index in [1.165, 1.54) is 16.2 Å². The summed E-state index contributed by atoms with van der Waals surface area (Å²) in [6.07, 6.45) is 2.04. The fourth-order valence-electron chi connectivity index (χ4n) is 2.81. The van der Waals surface area contributed by atoms with Gasteiger partial charge in [0.15, 0.2) is 15.7 Å². The van der Waals surface area contributed by atoms with Crippen LogP contribution in [0.25, 0.3) is 22.6 Å². The quantitative estimate of drug-likeness (QED) is 0.275. The average molecular weight is 474 g/mol. The number of hydrogen-bond acceptors (Lipinski definition) is 6. The molecule has 4 aromatic rings. The van der Waals surface area contributed by atoms with Crippen LogP contribution in [0.15, 0.2) is 58.8 Å². The van der Waals surface area contributed by atoms with E-state index in [1.807, 2.05) is 35.9 Å². The minimum atomic E-state index is -0.235. The van der Waals surface area contributed by atoms with Crippen molar-refractivity contribution in [2.75, 3.05) is 11.6 Å². The number of H-pyrrole nitrogens is 1. The molecule has 0 aliphatic rings. The van der Waals surface area contributed by atoms with E-state index in [1.54, 1.807) is 28.5 Å². The number of nitrogens with one attached hydrogen (secondary N) is 2. The molecule has 6 nitrogen and oxygen atoms in total. The first-order valence-electron chi connectivity index (χ1n) is 8.84. The maximum Gasteiger partial charge on any atom is 0.246 e. The van der Waals surface area contributed by atoms with Crippen LogP contribution in [0.4, 0.5) is 5.13 Å². The van der Waals surface area contributed by atoms with E-state index in [-0.39, 0.29) is 12.5 Å². The van der Waals surface area contributed by atoms with Gasteiger partial charge in [-0.2, -0.15) is 5.10 Å². The van der Waals surface area contributed by atoms with Gasteiger partial charge in [-0.15, -0.1) is 23.1 Å². The lowest BCUT2D eigenvalue weighted by molar-refractivity contribution is -0.116. The second kappa shape index (κ2) is 9.13. The Hall–Kier alpha value is -2.46. The van der Waals surface area contributed by atoms with Gasteiger partial charge >= 0.3 is 0 Å². The number of thiazole rings is 1. The van der Waals surface area contributed by atoms with Crippen LogP contribution in [0.5, 0.6) is 0 Å². The summed E-state index contributed by atoms with van der Waals surface area (Å²) < 4.78 is 2.01. The highest BCUT2D eigenvalue weighted by Crippen LogP contribution is 2.27. The molecule has 0 saturated heterocycles. The number of carbonyl (C=O) groups excluding carboxylic acids is 1. The fraction of sp³-hybridized carbons (Fsp3) is 0.100. The Kier molecular flexibility index (Phi) is 6.33. The van der Waals surface area contributed by atoms with E-state index in [0.29, 0.717) is 20.7 Å². The number of rotatable bonds is 6. The molecule has 1 amide bonds. The van der Waals surface area contributed by atoms with Crippen LogP contribution in [0.3, 0.4) is 0 Å². The molecule has 0 aliphatic heterocycles. The Bertz CT molecular complexity index is 1230. The zero-order valence-electron chi connectivity index (χ0n) is 15.8. The summed E-state index contributed by atoms with van der Waals surface area (Å²) in [5.41, 5.74) is 2.64. The molecule has 0 unspecified atom stereocenters. The number of halogens is 1. The molecule has 152 valence electrons. The number of anilines is 1. The first kappa shape index (κ1) is 20.8. The molecule has 4 rings (SSSR count). The summed E-state index contributed by atoms with van der Waals surface area (Å²) in [5, 5.41) is 12.9. The summed E-state index contributed by atoms with van der Waals surface area (Å²) in [5.74, 6) is 0.335. The van der Waals surface area contributed by atoms with Crippen molar-refractivity contribution in [1.82, 2.24) is 19.7 Å². The minimum absolute atomic E-state index is 0.0185. The van der Waals surface area contributed by atoms with Gasteiger partial charge in [-0.3, -0.25) is 14.5 Å². The van der Waals surface area contributed by atoms with Gasteiger partial charge in [0.05, 0.1) is 5.69 Å². The number of carbonyl (C=O) groups is 1. The van der Waals surface area contributed by atoms with Crippen molar-refractivity contribution < 1.29 is 4.79 Å². The maximum absolute atomic E-state index is 12.6. The van der Waals surface area contributed by atoms with Gasteiger partial charge in [0, 0.05) is 26.4 Å². The maximum atomic E-state index is 12.6. The van der Waals surface area contributed by atoms with Gasteiger partial charge in [-0.05, 0) is 54.9 Å². The van der Waals surface area contributed by atoms with Crippen molar-refractivity contribution in [3.8, 4) is 22.6 Å². The van der Waals surface area contributed by atoms with Crippen molar-refractivity contribution in [3.63, 3.8) is 0 Å². The van der Waals surface area contributed by atoms with Crippen molar-refractivity contribution in [2.45, 2.75) is 11.4 Å². The summed E-state index contributed by atoms with van der Waals surface area (Å²) in [7, 11) is 0. The Morgan fingerprint density at radius 2 is 1.90 bits per heavy atom. The molecule has 0 aliphatic carbocycles. The first-order valence-corrected chi connectivity index (χ1v) is 11.7. The van der Waals surface area contributed by atoms with Crippen molar-refractivity contribution >= 4 is 58.0 Å². The molecule has 30 heavy (non-hydrogen) atoms. The van der Waals surface area contributed by atoms with Crippen LogP contribution in [-0.2, 0) is 11.3 Å². The fourth-order valence-corrected chi connectivity index (χ4v) is 4.28. The number of aromatic nitrogens is 4. The molecule has 10 heteroatoms. The number of hydrogen-bond donors (Lipinski definition) is 2. The SMILES string of the molecule is CSc1ccc(-c2csc(NC(=O)Cn3c(-c4ccc(Cl)cc4)n[nH]c3=S)n2)cc1. The molecule has 0 fully saturated rings. The molecule has 0 atom stereocenters. The van der Waals surface area contributed by atoms with Crippen LogP contribution in [-0.4, -0.2) is 31.9 Å². The van der Waals surface area contributed by atoms with Gasteiger partial charge in [0.1, 0.15) is 6.54 Å². The van der Waals surface area contributed by atoms with E-state index < -0.39 is 0 Å². The van der Waals surface area contributed by atoms with E-state index in [4.69, 9.17) is 23.8 Å². The Labute approximate surface area is 191 Å². The summed E-state index contributed by atoms with van der Waals surface area (Å²) in [6, 6.07) is 15.3. The Balaban J connectivity index is 1.48. The van der Waals surface area contributed by atoms with E-state index >= 15 is 0 Å². The van der Waals surface area contributed by atoms with Crippen LogP contribution >= 0.6 is 46.9 Å². The third-order valence-electron chi connectivity index (χ3n) is 4.30. The predicted molar refractivity (Wildman–Crippen MR) is 126 cm³/mol. The van der Waals surface area contributed by atoms with Crippen molar-refractivity contribution in [3.05, 3.63) is 63.7 Å². The van der Waals surface area contributed by atoms with E-state index in [2.05, 4.69) is 32.6 Å². The topological polar surface area (TPSA) is 75.6 Å². The van der Waals surface area contributed by atoms with Gasteiger partial charge in [0.25, 0.3) is 0 Å². The van der Waals surface area contributed by atoms with Crippen LogP contribution in [0.2, 0.25) is 5.02 Å². The molecular weight excluding hydrogens is 458 g/mol. The lowest BCUT2D eigenvalue weighted by Gasteiger charge is -2.07. The van der Waals surface area contributed by atoms with E-state index in [9.17, 15) is 4.79 Å². The smallest absolute Gasteiger partial charge is 0.246 e. The zero-order valence-corrected chi connectivity index (χ0v) is 19.0. The van der Waals surface area contributed by atoms with Crippen LogP contribution in [0, 0.1) is 4.77 Å². The molecular formula is C20H16ClN5OS3. The van der Waals surface area contributed by atoms with Crippen LogP contribution < -0.4 is 5.32 Å². The highest BCUT2D eigenvalue weighted by Gasteiger charge is 2.14. The molecule has 2 aromatic heterocycles. The molecule has 0 radical (unpaired) electrons. The monoisotopic (exact) mass is 473 g/mol. The highest BCUT2D eigenvalue weighted by atomic mass is 35.5. The van der Waals surface area contributed by atoms with E-state index in [0.717, 1.165) is 16.8 Å². The molecule has 0 spiro atoms. The normalized spacial score (nSPS) is 10.9. The third kappa shape index (κ3) is 4.65. The Morgan fingerprint density at radius 3 is 2.60 bits per heavy atom. The summed E-state index contributed by atoms with van der Waals surface area (Å²) in [6.45, 7) is 0.0185. The molecule has 2 heterocycles. The molecule has 2 aromatic carbocycles. The first-order chi connectivity index (χ1) is 14.5. The zero-order chi connectivity index (χ0) is 21.1. The number of aromatic amines is 1.